The third-order valence-electron chi connectivity index (χ3n) is 3.36. The Balaban J connectivity index is 2.51. The molecule has 1 aromatic carbocycles. The predicted molar refractivity (Wildman–Crippen MR) is 95.1 cm³/mol. The second kappa shape index (κ2) is 9.76. The van der Waals surface area contributed by atoms with Crippen molar-refractivity contribution in [3.05, 3.63) is 35.4 Å². The molecule has 1 N–H and O–H groups in total. The van der Waals surface area contributed by atoms with Crippen molar-refractivity contribution in [2.75, 3.05) is 26.0 Å². The average molecular weight is 356 g/mol. The number of sulfonamides is 1. The quantitative estimate of drug-likeness (QED) is 0.647. The van der Waals surface area contributed by atoms with E-state index in [9.17, 15) is 13.2 Å². The third kappa shape index (κ3) is 8.42. The lowest BCUT2D eigenvalue weighted by molar-refractivity contribution is -0.121. The van der Waals surface area contributed by atoms with Gasteiger partial charge in [0.25, 0.3) is 0 Å². The Hall–Kier alpha value is -1.44. The number of hydrogen-bond donors (Lipinski definition) is 1. The van der Waals surface area contributed by atoms with Crippen LogP contribution in [0.1, 0.15) is 31.4 Å². The smallest absolute Gasteiger partial charge is 0.235 e. The highest BCUT2D eigenvalue weighted by Crippen LogP contribution is 2.09. The van der Waals surface area contributed by atoms with Crippen molar-refractivity contribution in [1.29, 1.82) is 0 Å². The van der Waals surface area contributed by atoms with Crippen molar-refractivity contribution in [3.8, 4) is 0 Å². The zero-order chi connectivity index (χ0) is 18.2. The van der Waals surface area contributed by atoms with Crippen molar-refractivity contribution in [1.82, 2.24) is 9.62 Å². The summed E-state index contributed by atoms with van der Waals surface area (Å²) in [5, 5.41) is 2.73. The van der Waals surface area contributed by atoms with Gasteiger partial charge < -0.3 is 10.1 Å². The molecular formula is C17H28N2O4S. The van der Waals surface area contributed by atoms with Gasteiger partial charge >= 0.3 is 0 Å². The van der Waals surface area contributed by atoms with E-state index in [1.165, 1.54) is 4.31 Å². The van der Waals surface area contributed by atoms with Gasteiger partial charge in [-0.05, 0) is 32.8 Å². The number of nitrogens with one attached hydrogen (secondary N) is 1. The fourth-order valence-electron chi connectivity index (χ4n) is 2.02. The largest absolute Gasteiger partial charge is 0.379 e. The van der Waals surface area contributed by atoms with E-state index in [-0.39, 0.29) is 25.1 Å². The van der Waals surface area contributed by atoms with E-state index < -0.39 is 10.0 Å². The van der Waals surface area contributed by atoms with Crippen LogP contribution in [-0.4, -0.2) is 50.7 Å². The first-order valence-electron chi connectivity index (χ1n) is 8.07. The highest BCUT2D eigenvalue weighted by atomic mass is 32.2. The summed E-state index contributed by atoms with van der Waals surface area (Å²) >= 11 is 0. The molecule has 0 saturated carbocycles. The molecule has 0 radical (unpaired) electrons. The number of amides is 1. The summed E-state index contributed by atoms with van der Waals surface area (Å²) in [7, 11) is -3.47. The molecule has 6 nitrogen and oxygen atoms in total. The first-order chi connectivity index (χ1) is 11.2. The van der Waals surface area contributed by atoms with E-state index in [0.717, 1.165) is 17.4 Å². The fraction of sp³-hybridized carbons (Fsp3) is 0.588. The maximum absolute atomic E-state index is 12.0. The molecule has 1 rings (SSSR count). The minimum atomic E-state index is -3.47. The Kier molecular flexibility index (Phi) is 8.38. The van der Waals surface area contributed by atoms with Crippen LogP contribution in [0, 0.1) is 6.92 Å². The maximum Gasteiger partial charge on any atom is 0.235 e. The summed E-state index contributed by atoms with van der Waals surface area (Å²) in [4.78, 5) is 12.0. The summed E-state index contributed by atoms with van der Waals surface area (Å²) in [5.74, 6) is -0.308. The van der Waals surface area contributed by atoms with Crippen LogP contribution in [0.2, 0.25) is 0 Å². The van der Waals surface area contributed by atoms with Gasteiger partial charge in [-0.15, -0.1) is 0 Å². The maximum atomic E-state index is 12.0. The van der Waals surface area contributed by atoms with Gasteiger partial charge in [0, 0.05) is 19.7 Å². The molecular weight excluding hydrogens is 328 g/mol. The number of carbonyl (C=O) groups is 1. The van der Waals surface area contributed by atoms with Crippen molar-refractivity contribution in [3.63, 3.8) is 0 Å². The molecule has 0 aliphatic rings. The van der Waals surface area contributed by atoms with Crippen LogP contribution in [0.4, 0.5) is 0 Å². The summed E-state index contributed by atoms with van der Waals surface area (Å²) in [6, 6.07) is 7.58. The number of carbonyl (C=O) groups excluding carboxylic acids is 1. The van der Waals surface area contributed by atoms with Gasteiger partial charge in [0.2, 0.25) is 15.9 Å². The topological polar surface area (TPSA) is 75.7 Å². The van der Waals surface area contributed by atoms with E-state index in [1.807, 2.05) is 45.0 Å². The average Bonchev–Trinajstić information content (AvgIpc) is 2.47. The minimum absolute atomic E-state index is 0.163. The number of benzene rings is 1. The molecule has 0 saturated heterocycles. The third-order valence-corrected chi connectivity index (χ3v) is 4.56. The Morgan fingerprint density at radius 3 is 2.42 bits per heavy atom. The monoisotopic (exact) mass is 356 g/mol. The van der Waals surface area contributed by atoms with E-state index in [4.69, 9.17) is 4.74 Å². The Bertz CT molecular complexity index is 612. The lowest BCUT2D eigenvalue weighted by atomic mass is 10.1. The first kappa shape index (κ1) is 20.6. The van der Waals surface area contributed by atoms with E-state index >= 15 is 0 Å². The van der Waals surface area contributed by atoms with Crippen LogP contribution < -0.4 is 5.32 Å². The second-order valence-electron chi connectivity index (χ2n) is 6.14. The van der Waals surface area contributed by atoms with Crippen LogP contribution in [0.5, 0.6) is 0 Å². The molecule has 0 spiro atoms. The van der Waals surface area contributed by atoms with E-state index in [1.54, 1.807) is 0 Å². The molecule has 7 heteroatoms. The molecule has 136 valence electrons. The summed E-state index contributed by atoms with van der Waals surface area (Å²) in [6.45, 7) is 6.90. The zero-order valence-corrected chi connectivity index (χ0v) is 15.7. The number of rotatable bonds is 10. The van der Waals surface area contributed by atoms with Crippen molar-refractivity contribution in [2.24, 2.45) is 0 Å². The van der Waals surface area contributed by atoms with Gasteiger partial charge in [-0.25, -0.2) is 8.42 Å². The minimum Gasteiger partial charge on any atom is -0.379 e. The highest BCUT2D eigenvalue weighted by molar-refractivity contribution is 7.88. The van der Waals surface area contributed by atoms with Crippen molar-refractivity contribution >= 4 is 15.9 Å². The number of aryl methyl sites for hydroxylation is 1. The van der Waals surface area contributed by atoms with Crippen LogP contribution in [0.15, 0.2) is 24.3 Å². The summed E-state index contributed by atoms with van der Waals surface area (Å²) in [5.41, 5.74) is 1.95. The van der Waals surface area contributed by atoms with Gasteiger partial charge in [0.15, 0.2) is 0 Å². The van der Waals surface area contributed by atoms with Crippen molar-refractivity contribution < 1.29 is 17.9 Å². The fourth-order valence-corrected chi connectivity index (χ4v) is 2.76. The Morgan fingerprint density at radius 1 is 1.25 bits per heavy atom. The SMILES string of the molecule is Cc1ccc(CN(CC(=O)NCCCOC(C)C)S(C)(=O)=O)cc1. The lowest BCUT2D eigenvalue weighted by Crippen LogP contribution is -2.40. The summed E-state index contributed by atoms with van der Waals surface area (Å²) in [6.07, 6.45) is 1.97. The first-order valence-corrected chi connectivity index (χ1v) is 9.92. The van der Waals surface area contributed by atoms with Gasteiger partial charge in [-0.1, -0.05) is 29.8 Å². The molecule has 24 heavy (non-hydrogen) atoms. The molecule has 0 atom stereocenters. The normalized spacial score (nSPS) is 11.9. The summed E-state index contributed by atoms with van der Waals surface area (Å²) < 4.78 is 30.4. The molecule has 0 aliphatic heterocycles. The number of hydrogen-bond acceptors (Lipinski definition) is 4. The van der Waals surface area contributed by atoms with Gasteiger partial charge in [0.1, 0.15) is 0 Å². The molecule has 1 aromatic rings. The zero-order valence-electron chi connectivity index (χ0n) is 14.9. The Morgan fingerprint density at radius 2 is 1.88 bits per heavy atom. The molecule has 0 fully saturated rings. The van der Waals surface area contributed by atoms with Gasteiger partial charge in [-0.2, -0.15) is 4.31 Å². The van der Waals surface area contributed by atoms with E-state index in [0.29, 0.717) is 19.6 Å². The van der Waals surface area contributed by atoms with Crippen LogP contribution >= 0.6 is 0 Å². The highest BCUT2D eigenvalue weighted by Gasteiger charge is 2.20. The van der Waals surface area contributed by atoms with Crippen LogP contribution in [0.3, 0.4) is 0 Å². The van der Waals surface area contributed by atoms with Gasteiger partial charge in [-0.3, -0.25) is 4.79 Å². The van der Waals surface area contributed by atoms with Crippen LogP contribution in [-0.2, 0) is 26.1 Å². The number of ether oxygens (including phenoxy) is 1. The molecule has 1 amide bonds. The molecule has 0 heterocycles. The molecule has 0 aliphatic carbocycles. The van der Waals surface area contributed by atoms with Crippen molar-refractivity contribution in [2.45, 2.75) is 39.8 Å². The van der Waals surface area contributed by atoms with Crippen LogP contribution in [0.25, 0.3) is 0 Å². The number of nitrogens with zero attached hydrogens (tertiary/aromatic N) is 1. The standard InChI is InChI=1S/C17H28N2O4S/c1-14(2)23-11-5-10-18-17(20)13-19(24(4,21)22)12-16-8-6-15(3)7-9-16/h6-9,14H,5,10-13H2,1-4H3,(H,18,20). The molecule has 0 unspecified atom stereocenters. The lowest BCUT2D eigenvalue weighted by Gasteiger charge is -2.19. The molecule has 0 bridgehead atoms. The molecule has 0 aromatic heterocycles. The van der Waals surface area contributed by atoms with Gasteiger partial charge in [0.05, 0.1) is 18.9 Å². The second-order valence-corrected chi connectivity index (χ2v) is 8.12. The van der Waals surface area contributed by atoms with E-state index in [2.05, 4.69) is 5.32 Å². The predicted octanol–water partition coefficient (Wildman–Crippen LogP) is 1.69. The Labute approximate surface area is 145 Å².